The predicted molar refractivity (Wildman–Crippen MR) is 85.4 cm³/mol. The van der Waals surface area contributed by atoms with Crippen LogP contribution in [-0.4, -0.2) is 47.4 Å². The first-order valence-corrected chi connectivity index (χ1v) is 7.95. The molecule has 1 aromatic heterocycles. The third kappa shape index (κ3) is 3.91. The minimum Gasteiger partial charge on any atom is -0.491 e. The lowest BCUT2D eigenvalue weighted by molar-refractivity contribution is -0.0910. The number of aryl methyl sites for hydroxylation is 1. The van der Waals surface area contributed by atoms with E-state index in [-0.39, 0.29) is 12.2 Å². The molecule has 3 rings (SSSR count). The molecule has 1 fully saturated rings. The number of aromatic nitrogens is 2. The molecule has 0 N–H and O–H groups in total. The molecule has 7 nitrogen and oxygen atoms in total. The number of para-hydroxylation sites is 1. The second-order valence-electron chi connectivity index (χ2n) is 5.81. The maximum atomic E-state index is 9.08. The fourth-order valence-corrected chi connectivity index (χ4v) is 2.77. The third-order valence-corrected chi connectivity index (χ3v) is 3.83. The quantitative estimate of drug-likeness (QED) is 0.831. The minimum absolute atomic E-state index is 0.0716. The lowest BCUT2D eigenvalue weighted by Crippen LogP contribution is -2.44. The van der Waals surface area contributed by atoms with Crippen molar-refractivity contribution in [2.24, 2.45) is 0 Å². The molecule has 1 aliphatic rings. The normalized spacial score (nSPS) is 21.4. The number of morpholine rings is 1. The van der Waals surface area contributed by atoms with Crippen molar-refractivity contribution in [3.05, 3.63) is 41.6 Å². The number of rotatable bonds is 5. The van der Waals surface area contributed by atoms with Crippen LogP contribution in [0.2, 0.25) is 0 Å². The van der Waals surface area contributed by atoms with Gasteiger partial charge < -0.3 is 13.9 Å². The van der Waals surface area contributed by atoms with Crippen molar-refractivity contribution in [1.82, 2.24) is 15.1 Å². The molecule has 2 aromatic rings. The van der Waals surface area contributed by atoms with E-state index in [1.165, 1.54) is 0 Å². The van der Waals surface area contributed by atoms with Gasteiger partial charge in [-0.25, -0.2) is 0 Å². The molecule has 1 saturated heterocycles. The van der Waals surface area contributed by atoms with Crippen molar-refractivity contribution in [3.63, 3.8) is 0 Å². The number of nitriles is 1. The van der Waals surface area contributed by atoms with Crippen LogP contribution in [0.25, 0.3) is 0 Å². The van der Waals surface area contributed by atoms with E-state index in [0.717, 1.165) is 13.1 Å². The Hall–Kier alpha value is -2.43. The smallest absolute Gasteiger partial charge is 0.246 e. The fraction of sp³-hybridized carbons (Fsp3) is 0.471. The first-order valence-electron chi connectivity index (χ1n) is 7.95. The number of hydrogen-bond acceptors (Lipinski definition) is 7. The molecule has 2 atom stereocenters. The zero-order valence-corrected chi connectivity index (χ0v) is 13.8. The highest BCUT2D eigenvalue weighted by Crippen LogP contribution is 2.24. The highest BCUT2D eigenvalue weighted by molar-refractivity contribution is 5.42. The van der Waals surface area contributed by atoms with Crippen LogP contribution in [0.5, 0.6) is 5.75 Å². The first kappa shape index (κ1) is 16.4. The Bertz CT molecular complexity index is 725. The Balaban J connectivity index is 1.56. The van der Waals surface area contributed by atoms with Crippen LogP contribution in [0.15, 0.2) is 28.7 Å². The van der Waals surface area contributed by atoms with E-state index < -0.39 is 0 Å². The standard InChI is InChI=1S/C17H20N4O3/c1-12-10-21(11-16(23-12)17-20-19-13(2)24-17)7-8-22-15-6-4-3-5-14(15)9-18/h3-6,12,16H,7-8,10-11H2,1-2H3/t12-,16-/m1/s1. The molecule has 1 aromatic carbocycles. The molecular formula is C17H20N4O3. The SMILES string of the molecule is Cc1nnc([C@H]2CN(CCOc3ccccc3C#N)C[C@@H](C)O2)o1. The summed E-state index contributed by atoms with van der Waals surface area (Å²) in [6.45, 7) is 6.51. The molecule has 0 aliphatic carbocycles. The summed E-state index contributed by atoms with van der Waals surface area (Å²) in [5.74, 6) is 1.67. The Morgan fingerprint density at radius 2 is 2.17 bits per heavy atom. The lowest BCUT2D eigenvalue weighted by Gasteiger charge is -2.35. The Kier molecular flexibility index (Phi) is 5.08. The number of hydrogen-bond donors (Lipinski definition) is 0. The van der Waals surface area contributed by atoms with Gasteiger partial charge in [0.25, 0.3) is 0 Å². The summed E-state index contributed by atoms with van der Waals surface area (Å²) in [5, 5.41) is 17.0. The van der Waals surface area contributed by atoms with E-state index in [1.807, 2.05) is 25.1 Å². The summed E-state index contributed by atoms with van der Waals surface area (Å²) < 4.78 is 17.1. The van der Waals surface area contributed by atoms with Gasteiger partial charge in [0.1, 0.15) is 24.5 Å². The predicted octanol–water partition coefficient (Wildman–Crippen LogP) is 2.09. The summed E-state index contributed by atoms with van der Waals surface area (Å²) in [4.78, 5) is 2.24. The number of nitrogens with zero attached hydrogens (tertiary/aromatic N) is 4. The van der Waals surface area contributed by atoms with E-state index in [0.29, 0.717) is 36.2 Å². The van der Waals surface area contributed by atoms with Crippen LogP contribution in [0, 0.1) is 18.3 Å². The number of ether oxygens (including phenoxy) is 2. The average Bonchev–Trinajstić information content (AvgIpc) is 3.01. The maximum absolute atomic E-state index is 9.08. The van der Waals surface area contributed by atoms with Crippen molar-refractivity contribution in [2.75, 3.05) is 26.2 Å². The molecule has 1 aliphatic heterocycles. The second-order valence-corrected chi connectivity index (χ2v) is 5.81. The molecule has 126 valence electrons. The van der Waals surface area contributed by atoms with E-state index in [9.17, 15) is 0 Å². The van der Waals surface area contributed by atoms with E-state index in [1.54, 1.807) is 13.0 Å². The highest BCUT2D eigenvalue weighted by Gasteiger charge is 2.29. The molecule has 2 heterocycles. The summed E-state index contributed by atoms with van der Waals surface area (Å²) in [5.41, 5.74) is 0.548. The maximum Gasteiger partial charge on any atom is 0.246 e. The van der Waals surface area contributed by atoms with Crippen LogP contribution in [-0.2, 0) is 4.74 Å². The van der Waals surface area contributed by atoms with Crippen molar-refractivity contribution >= 4 is 0 Å². The van der Waals surface area contributed by atoms with Gasteiger partial charge in [0.15, 0.2) is 0 Å². The van der Waals surface area contributed by atoms with Gasteiger partial charge in [-0.05, 0) is 19.1 Å². The van der Waals surface area contributed by atoms with Crippen molar-refractivity contribution in [3.8, 4) is 11.8 Å². The van der Waals surface area contributed by atoms with Crippen molar-refractivity contribution < 1.29 is 13.9 Å². The zero-order valence-electron chi connectivity index (χ0n) is 13.8. The summed E-state index contributed by atoms with van der Waals surface area (Å²) in [6, 6.07) is 9.38. The molecular weight excluding hydrogens is 308 g/mol. The summed E-state index contributed by atoms with van der Waals surface area (Å²) in [7, 11) is 0. The van der Waals surface area contributed by atoms with Crippen LogP contribution < -0.4 is 4.74 Å². The van der Waals surface area contributed by atoms with Gasteiger partial charge in [0.2, 0.25) is 11.8 Å². The fourth-order valence-electron chi connectivity index (χ4n) is 2.77. The van der Waals surface area contributed by atoms with Gasteiger partial charge in [-0.15, -0.1) is 10.2 Å². The highest BCUT2D eigenvalue weighted by atomic mass is 16.5. The monoisotopic (exact) mass is 328 g/mol. The summed E-state index contributed by atoms with van der Waals surface area (Å²) in [6.07, 6.45) is -0.149. The largest absolute Gasteiger partial charge is 0.491 e. The van der Waals surface area contributed by atoms with Gasteiger partial charge in [-0.1, -0.05) is 12.1 Å². The van der Waals surface area contributed by atoms with Crippen LogP contribution in [0.4, 0.5) is 0 Å². The molecule has 0 spiro atoms. The molecule has 0 unspecified atom stereocenters. The minimum atomic E-state index is -0.221. The van der Waals surface area contributed by atoms with E-state index in [2.05, 4.69) is 21.2 Å². The second kappa shape index (κ2) is 7.43. The first-order chi connectivity index (χ1) is 11.7. The van der Waals surface area contributed by atoms with E-state index >= 15 is 0 Å². The van der Waals surface area contributed by atoms with E-state index in [4.69, 9.17) is 19.2 Å². The molecule has 7 heteroatoms. The molecule has 0 saturated carbocycles. The lowest BCUT2D eigenvalue weighted by atomic mass is 10.2. The molecule has 24 heavy (non-hydrogen) atoms. The van der Waals surface area contributed by atoms with Gasteiger partial charge in [-0.3, -0.25) is 4.90 Å². The van der Waals surface area contributed by atoms with Gasteiger partial charge in [0.05, 0.1) is 11.7 Å². The zero-order chi connectivity index (χ0) is 16.9. The van der Waals surface area contributed by atoms with Crippen LogP contribution in [0.1, 0.15) is 30.4 Å². The summed E-state index contributed by atoms with van der Waals surface area (Å²) >= 11 is 0. The Morgan fingerprint density at radius 1 is 1.33 bits per heavy atom. The van der Waals surface area contributed by atoms with Crippen molar-refractivity contribution in [2.45, 2.75) is 26.1 Å². The van der Waals surface area contributed by atoms with Crippen LogP contribution >= 0.6 is 0 Å². The Labute approximate surface area is 140 Å². The third-order valence-electron chi connectivity index (χ3n) is 3.83. The Morgan fingerprint density at radius 3 is 2.92 bits per heavy atom. The molecule has 0 bridgehead atoms. The van der Waals surface area contributed by atoms with Gasteiger partial charge in [0, 0.05) is 26.6 Å². The van der Waals surface area contributed by atoms with Gasteiger partial charge >= 0.3 is 0 Å². The van der Waals surface area contributed by atoms with Crippen molar-refractivity contribution in [1.29, 1.82) is 5.26 Å². The molecule has 0 radical (unpaired) electrons. The number of benzene rings is 1. The topological polar surface area (TPSA) is 84.4 Å². The van der Waals surface area contributed by atoms with Crippen LogP contribution in [0.3, 0.4) is 0 Å². The molecule has 0 amide bonds. The average molecular weight is 328 g/mol. The van der Waals surface area contributed by atoms with Gasteiger partial charge in [-0.2, -0.15) is 5.26 Å².